The number of carbonyl (C=O) groups is 1. The summed E-state index contributed by atoms with van der Waals surface area (Å²) in [4.78, 5) is 18.7. The first-order valence-corrected chi connectivity index (χ1v) is 7.36. The van der Waals surface area contributed by atoms with E-state index in [9.17, 15) is 4.79 Å². The average Bonchev–Trinajstić information content (AvgIpc) is 3.08. The predicted molar refractivity (Wildman–Crippen MR) is 83.3 cm³/mol. The van der Waals surface area contributed by atoms with E-state index in [1.165, 1.54) is 12.8 Å². The van der Waals surface area contributed by atoms with Crippen LogP contribution in [0.3, 0.4) is 0 Å². The Bertz CT molecular complexity index is 606. The Morgan fingerprint density at radius 3 is 2.67 bits per heavy atom. The number of nitrogens with one attached hydrogen (secondary N) is 1. The van der Waals surface area contributed by atoms with Gasteiger partial charge in [0.25, 0.3) is 5.91 Å². The largest absolute Gasteiger partial charge is 0.357 e. The van der Waals surface area contributed by atoms with Gasteiger partial charge in [-0.05, 0) is 42.7 Å². The van der Waals surface area contributed by atoms with E-state index < -0.39 is 0 Å². The highest BCUT2D eigenvalue weighted by Crippen LogP contribution is 2.18. The van der Waals surface area contributed by atoms with Crippen LogP contribution in [0.25, 0.3) is 0 Å². The summed E-state index contributed by atoms with van der Waals surface area (Å²) in [6, 6.07) is 13.3. The highest BCUT2D eigenvalue weighted by atomic mass is 16.1. The maximum atomic E-state index is 12.0. The van der Waals surface area contributed by atoms with E-state index in [4.69, 9.17) is 0 Å². The van der Waals surface area contributed by atoms with Crippen LogP contribution in [0.15, 0.2) is 48.7 Å². The minimum atomic E-state index is -0.0462. The summed E-state index contributed by atoms with van der Waals surface area (Å²) < 4.78 is 0. The molecule has 1 aliphatic heterocycles. The van der Waals surface area contributed by atoms with Crippen molar-refractivity contribution < 1.29 is 4.79 Å². The van der Waals surface area contributed by atoms with Crippen LogP contribution in [0.2, 0.25) is 0 Å². The Labute approximate surface area is 124 Å². The van der Waals surface area contributed by atoms with Gasteiger partial charge in [0.1, 0.15) is 5.82 Å². The lowest BCUT2D eigenvalue weighted by molar-refractivity contribution is 0.0951. The molecule has 1 saturated heterocycles. The zero-order chi connectivity index (χ0) is 14.5. The van der Waals surface area contributed by atoms with E-state index in [2.05, 4.69) is 21.3 Å². The number of aromatic nitrogens is 1. The van der Waals surface area contributed by atoms with Gasteiger partial charge in [0, 0.05) is 31.4 Å². The molecule has 0 radical (unpaired) electrons. The molecule has 1 amide bonds. The highest BCUT2D eigenvalue weighted by Gasteiger charge is 2.13. The van der Waals surface area contributed by atoms with Gasteiger partial charge in [-0.25, -0.2) is 4.98 Å². The van der Waals surface area contributed by atoms with E-state index in [1.54, 1.807) is 0 Å². The van der Waals surface area contributed by atoms with Crippen molar-refractivity contribution in [3.05, 3.63) is 59.8 Å². The van der Waals surface area contributed by atoms with E-state index in [0.717, 1.165) is 24.5 Å². The second-order valence-corrected chi connectivity index (χ2v) is 5.27. The average molecular weight is 281 g/mol. The molecule has 3 rings (SSSR count). The highest BCUT2D eigenvalue weighted by molar-refractivity contribution is 5.94. The molecule has 4 heteroatoms. The van der Waals surface area contributed by atoms with Gasteiger partial charge >= 0.3 is 0 Å². The smallest absolute Gasteiger partial charge is 0.251 e. The molecule has 21 heavy (non-hydrogen) atoms. The van der Waals surface area contributed by atoms with Crippen LogP contribution >= 0.6 is 0 Å². The summed E-state index contributed by atoms with van der Waals surface area (Å²) in [7, 11) is 0. The van der Waals surface area contributed by atoms with Crippen LogP contribution < -0.4 is 10.2 Å². The molecule has 108 valence electrons. The van der Waals surface area contributed by atoms with Crippen molar-refractivity contribution >= 4 is 11.7 Å². The molecule has 2 heterocycles. The number of benzene rings is 1. The van der Waals surface area contributed by atoms with Crippen molar-refractivity contribution in [2.45, 2.75) is 19.4 Å². The topological polar surface area (TPSA) is 45.2 Å². The van der Waals surface area contributed by atoms with Crippen LogP contribution in [0.4, 0.5) is 5.82 Å². The third kappa shape index (κ3) is 3.40. The third-order valence-electron chi connectivity index (χ3n) is 3.73. The molecule has 0 aliphatic carbocycles. The Kier molecular flexibility index (Phi) is 4.15. The first-order chi connectivity index (χ1) is 10.3. The standard InChI is InChI=1S/C17H19N3O/c21-17(15-6-2-1-3-7-15)19-13-14-8-9-18-16(12-14)20-10-4-5-11-20/h1-3,6-9,12H,4-5,10-11,13H2,(H,19,21). The van der Waals surface area contributed by atoms with Crippen LogP contribution in [0.1, 0.15) is 28.8 Å². The van der Waals surface area contributed by atoms with Crippen molar-refractivity contribution in [1.29, 1.82) is 0 Å². The first-order valence-electron chi connectivity index (χ1n) is 7.36. The van der Waals surface area contributed by atoms with Gasteiger partial charge in [-0.3, -0.25) is 4.79 Å². The van der Waals surface area contributed by atoms with Crippen molar-refractivity contribution in [2.75, 3.05) is 18.0 Å². The molecule has 0 spiro atoms. The number of amides is 1. The van der Waals surface area contributed by atoms with Gasteiger partial charge < -0.3 is 10.2 Å². The second-order valence-electron chi connectivity index (χ2n) is 5.27. The fraction of sp³-hybridized carbons (Fsp3) is 0.294. The van der Waals surface area contributed by atoms with E-state index in [1.807, 2.05) is 42.6 Å². The van der Waals surface area contributed by atoms with E-state index in [-0.39, 0.29) is 5.91 Å². The Hall–Kier alpha value is -2.36. The fourth-order valence-corrected chi connectivity index (χ4v) is 2.56. The number of nitrogens with zero attached hydrogens (tertiary/aromatic N) is 2. The van der Waals surface area contributed by atoms with Gasteiger partial charge in [0.2, 0.25) is 0 Å². The summed E-state index contributed by atoms with van der Waals surface area (Å²) in [6.07, 6.45) is 4.28. The fourth-order valence-electron chi connectivity index (χ4n) is 2.56. The third-order valence-corrected chi connectivity index (χ3v) is 3.73. The van der Waals surface area contributed by atoms with Crippen molar-refractivity contribution in [1.82, 2.24) is 10.3 Å². The lowest BCUT2D eigenvalue weighted by Crippen LogP contribution is -2.23. The minimum Gasteiger partial charge on any atom is -0.357 e. The lowest BCUT2D eigenvalue weighted by atomic mass is 10.2. The summed E-state index contributed by atoms with van der Waals surface area (Å²) in [5.74, 6) is 0.967. The van der Waals surface area contributed by atoms with Gasteiger partial charge in [-0.1, -0.05) is 18.2 Å². The normalized spacial score (nSPS) is 14.2. The summed E-state index contributed by atoms with van der Waals surface area (Å²) >= 11 is 0. The summed E-state index contributed by atoms with van der Waals surface area (Å²) in [5.41, 5.74) is 1.77. The van der Waals surface area contributed by atoms with Gasteiger partial charge in [0.15, 0.2) is 0 Å². The molecule has 1 N–H and O–H groups in total. The van der Waals surface area contributed by atoms with Crippen LogP contribution in [-0.4, -0.2) is 24.0 Å². The Morgan fingerprint density at radius 1 is 1.14 bits per heavy atom. The number of carbonyl (C=O) groups excluding carboxylic acids is 1. The molecular formula is C17H19N3O. The van der Waals surface area contributed by atoms with E-state index >= 15 is 0 Å². The molecule has 0 saturated carbocycles. The molecule has 4 nitrogen and oxygen atoms in total. The van der Waals surface area contributed by atoms with Crippen molar-refractivity contribution in [3.8, 4) is 0 Å². The zero-order valence-electron chi connectivity index (χ0n) is 12.0. The molecule has 1 aromatic carbocycles. The SMILES string of the molecule is O=C(NCc1ccnc(N2CCCC2)c1)c1ccccc1. The van der Waals surface area contributed by atoms with Crippen molar-refractivity contribution in [2.24, 2.45) is 0 Å². The minimum absolute atomic E-state index is 0.0462. The molecule has 1 fully saturated rings. The lowest BCUT2D eigenvalue weighted by Gasteiger charge is -2.17. The maximum absolute atomic E-state index is 12.0. The molecule has 0 bridgehead atoms. The van der Waals surface area contributed by atoms with Gasteiger partial charge in [-0.15, -0.1) is 0 Å². The number of pyridine rings is 1. The Balaban J connectivity index is 1.63. The van der Waals surface area contributed by atoms with Gasteiger partial charge in [-0.2, -0.15) is 0 Å². The molecular weight excluding hydrogens is 262 g/mol. The van der Waals surface area contributed by atoms with Crippen LogP contribution in [-0.2, 0) is 6.54 Å². The summed E-state index contributed by atoms with van der Waals surface area (Å²) in [6.45, 7) is 2.68. The molecule has 0 unspecified atom stereocenters. The van der Waals surface area contributed by atoms with Crippen LogP contribution in [0.5, 0.6) is 0 Å². The van der Waals surface area contributed by atoms with Crippen molar-refractivity contribution in [3.63, 3.8) is 0 Å². The number of hydrogen-bond donors (Lipinski definition) is 1. The quantitative estimate of drug-likeness (QED) is 0.937. The molecule has 1 aliphatic rings. The molecule has 2 aromatic rings. The second kappa shape index (κ2) is 6.39. The maximum Gasteiger partial charge on any atom is 0.251 e. The molecule has 0 atom stereocenters. The predicted octanol–water partition coefficient (Wildman–Crippen LogP) is 2.61. The van der Waals surface area contributed by atoms with Crippen LogP contribution in [0, 0.1) is 0 Å². The number of rotatable bonds is 4. The number of hydrogen-bond acceptors (Lipinski definition) is 3. The van der Waals surface area contributed by atoms with E-state index in [0.29, 0.717) is 12.1 Å². The first kappa shape index (κ1) is 13.6. The zero-order valence-corrected chi connectivity index (χ0v) is 12.0. The number of anilines is 1. The monoisotopic (exact) mass is 281 g/mol. The Morgan fingerprint density at radius 2 is 1.90 bits per heavy atom. The van der Waals surface area contributed by atoms with Gasteiger partial charge in [0.05, 0.1) is 0 Å². The summed E-state index contributed by atoms with van der Waals surface area (Å²) in [5, 5.41) is 2.95. The molecule has 1 aromatic heterocycles.